The number of aliphatic carboxylic acids is 1. The van der Waals surface area contributed by atoms with Gasteiger partial charge in [0.25, 0.3) is 0 Å². The molecule has 0 rings (SSSR count). The molecule has 0 aliphatic rings. The lowest BCUT2D eigenvalue weighted by molar-refractivity contribution is -0.137. The lowest BCUT2D eigenvalue weighted by Gasteiger charge is -2.22. The van der Waals surface area contributed by atoms with Crippen LogP contribution in [-0.4, -0.2) is 30.0 Å². The van der Waals surface area contributed by atoms with Gasteiger partial charge in [-0.15, -0.1) is 0 Å². The molecule has 0 aromatic heterocycles. The fourth-order valence-corrected chi connectivity index (χ4v) is 4.15. The van der Waals surface area contributed by atoms with Gasteiger partial charge in [0.05, 0.1) is 5.25 Å². The smallest absolute Gasteiger partial charge is 0.322 e. The van der Waals surface area contributed by atoms with Gasteiger partial charge in [-0.3, -0.25) is 4.79 Å². The molecule has 1 unspecified atom stereocenters. The fourth-order valence-electron chi connectivity index (χ4n) is 1.77. The molecule has 5 heteroatoms. The first kappa shape index (κ1) is 14.4. The highest BCUT2D eigenvalue weighted by molar-refractivity contribution is 7.93. The summed E-state index contributed by atoms with van der Waals surface area (Å²) in [6.07, 6.45) is 0.935. The van der Waals surface area contributed by atoms with Crippen LogP contribution >= 0.6 is 0 Å². The maximum absolute atomic E-state index is 12.0. The van der Waals surface area contributed by atoms with Crippen molar-refractivity contribution in [3.8, 4) is 0 Å². The van der Waals surface area contributed by atoms with E-state index in [0.29, 0.717) is 12.8 Å². The first-order chi connectivity index (χ1) is 6.78. The molecule has 0 aliphatic heterocycles. The van der Waals surface area contributed by atoms with E-state index in [4.69, 9.17) is 5.11 Å². The molecule has 4 nitrogen and oxygen atoms in total. The van der Waals surface area contributed by atoms with Crippen LogP contribution in [0.5, 0.6) is 0 Å². The molecule has 0 bridgehead atoms. The Bertz CT molecular complexity index is 301. The van der Waals surface area contributed by atoms with Gasteiger partial charge in [0.2, 0.25) is 0 Å². The molecule has 0 aliphatic carbocycles. The molecule has 0 fully saturated rings. The summed E-state index contributed by atoms with van der Waals surface area (Å²) in [4.78, 5) is 10.9. The van der Waals surface area contributed by atoms with E-state index in [1.165, 1.54) is 0 Å². The van der Waals surface area contributed by atoms with Gasteiger partial charge in [-0.05, 0) is 18.8 Å². The Morgan fingerprint density at radius 3 is 1.80 bits per heavy atom. The maximum atomic E-state index is 12.0. The zero-order valence-electron chi connectivity index (χ0n) is 9.73. The van der Waals surface area contributed by atoms with Crippen LogP contribution in [0, 0.1) is 5.92 Å². The lowest BCUT2D eigenvalue weighted by Crippen LogP contribution is -2.40. The topological polar surface area (TPSA) is 71.4 Å². The summed E-state index contributed by atoms with van der Waals surface area (Å²) in [5.41, 5.74) is 0. The Labute approximate surface area is 91.6 Å². The average molecular weight is 236 g/mol. The molecule has 0 radical (unpaired) electrons. The third-order valence-electron chi connectivity index (χ3n) is 2.58. The van der Waals surface area contributed by atoms with E-state index in [0.717, 1.165) is 0 Å². The van der Waals surface area contributed by atoms with Crippen molar-refractivity contribution in [2.24, 2.45) is 5.92 Å². The second kappa shape index (κ2) is 5.49. The Kier molecular flexibility index (Phi) is 5.28. The number of carboxylic acids is 1. The molecular formula is C10H20O4S. The minimum Gasteiger partial charge on any atom is -0.480 e. The summed E-state index contributed by atoms with van der Waals surface area (Å²) in [7, 11) is -3.56. The summed E-state index contributed by atoms with van der Waals surface area (Å²) in [5.74, 6) is -1.63. The number of carbonyl (C=O) groups is 1. The molecule has 90 valence electrons. The summed E-state index contributed by atoms with van der Waals surface area (Å²) in [6.45, 7) is 6.79. The van der Waals surface area contributed by atoms with Gasteiger partial charge in [-0.1, -0.05) is 27.7 Å². The predicted octanol–water partition coefficient (Wildman–Crippen LogP) is 1.70. The highest BCUT2D eigenvalue weighted by Crippen LogP contribution is 2.21. The van der Waals surface area contributed by atoms with E-state index in [1.54, 1.807) is 27.7 Å². The standard InChI is InChI=1S/C10H20O4S/c1-5-8(6-2)15(13,14)9(7(3)4)10(11)12/h7-9H,5-6H2,1-4H3,(H,11,12). The number of hydrogen-bond donors (Lipinski definition) is 1. The van der Waals surface area contributed by atoms with Crippen molar-refractivity contribution in [1.82, 2.24) is 0 Å². The minimum absolute atomic E-state index is 0.395. The Balaban J connectivity index is 5.21. The number of hydrogen-bond acceptors (Lipinski definition) is 3. The maximum Gasteiger partial charge on any atom is 0.322 e. The summed E-state index contributed by atoms with van der Waals surface area (Å²) in [5, 5.41) is 7.12. The van der Waals surface area contributed by atoms with Crippen LogP contribution in [0.2, 0.25) is 0 Å². The molecule has 0 heterocycles. The zero-order chi connectivity index (χ0) is 12.2. The van der Waals surface area contributed by atoms with E-state index in [2.05, 4.69) is 0 Å². The van der Waals surface area contributed by atoms with E-state index in [1.807, 2.05) is 0 Å². The number of carboxylic acid groups (broad SMARTS) is 1. The van der Waals surface area contributed by atoms with Crippen molar-refractivity contribution in [3.63, 3.8) is 0 Å². The number of rotatable bonds is 6. The molecule has 0 saturated carbocycles. The van der Waals surface area contributed by atoms with Gasteiger partial charge in [0.1, 0.15) is 0 Å². The normalized spacial score (nSPS) is 14.5. The van der Waals surface area contributed by atoms with E-state index < -0.39 is 32.2 Å². The Morgan fingerprint density at radius 2 is 1.60 bits per heavy atom. The Hall–Kier alpha value is -0.580. The zero-order valence-corrected chi connectivity index (χ0v) is 10.5. The SMILES string of the molecule is CCC(CC)S(=O)(=O)C(C(=O)O)C(C)C. The first-order valence-corrected chi connectivity index (χ1v) is 6.85. The van der Waals surface area contributed by atoms with Crippen LogP contribution < -0.4 is 0 Å². The molecule has 0 spiro atoms. The predicted molar refractivity (Wildman–Crippen MR) is 59.6 cm³/mol. The van der Waals surface area contributed by atoms with Crippen molar-refractivity contribution in [3.05, 3.63) is 0 Å². The molecular weight excluding hydrogens is 216 g/mol. The van der Waals surface area contributed by atoms with Gasteiger partial charge in [0.15, 0.2) is 15.1 Å². The molecule has 15 heavy (non-hydrogen) atoms. The monoisotopic (exact) mass is 236 g/mol. The van der Waals surface area contributed by atoms with Crippen LogP contribution in [0.25, 0.3) is 0 Å². The van der Waals surface area contributed by atoms with E-state index in [-0.39, 0.29) is 0 Å². The van der Waals surface area contributed by atoms with Crippen LogP contribution in [0.1, 0.15) is 40.5 Å². The Morgan fingerprint density at radius 1 is 1.20 bits per heavy atom. The van der Waals surface area contributed by atoms with Crippen LogP contribution in [0.3, 0.4) is 0 Å². The highest BCUT2D eigenvalue weighted by atomic mass is 32.2. The van der Waals surface area contributed by atoms with Gasteiger partial charge in [-0.2, -0.15) is 0 Å². The second-order valence-electron chi connectivity index (χ2n) is 4.03. The third-order valence-corrected chi connectivity index (χ3v) is 5.63. The second-order valence-corrected chi connectivity index (χ2v) is 6.38. The lowest BCUT2D eigenvalue weighted by atomic mass is 10.1. The molecule has 1 N–H and O–H groups in total. The van der Waals surface area contributed by atoms with Crippen molar-refractivity contribution >= 4 is 15.8 Å². The molecule has 1 atom stereocenters. The first-order valence-electron chi connectivity index (χ1n) is 5.24. The summed E-state index contributed by atoms with van der Waals surface area (Å²) >= 11 is 0. The quantitative estimate of drug-likeness (QED) is 0.762. The molecule has 0 aromatic carbocycles. The minimum atomic E-state index is -3.56. The fraction of sp³-hybridized carbons (Fsp3) is 0.900. The van der Waals surface area contributed by atoms with Crippen LogP contribution in [-0.2, 0) is 14.6 Å². The molecule has 0 saturated heterocycles. The van der Waals surface area contributed by atoms with Crippen molar-refractivity contribution in [2.45, 2.75) is 51.0 Å². The highest BCUT2D eigenvalue weighted by Gasteiger charge is 2.39. The largest absolute Gasteiger partial charge is 0.480 e. The van der Waals surface area contributed by atoms with E-state index >= 15 is 0 Å². The third kappa shape index (κ3) is 3.19. The molecule has 0 aromatic rings. The number of sulfone groups is 1. The molecule has 0 amide bonds. The van der Waals surface area contributed by atoms with Crippen molar-refractivity contribution in [2.75, 3.05) is 0 Å². The van der Waals surface area contributed by atoms with Crippen molar-refractivity contribution < 1.29 is 18.3 Å². The summed E-state index contributed by atoms with van der Waals surface area (Å²) < 4.78 is 24.0. The van der Waals surface area contributed by atoms with Gasteiger partial charge in [0, 0.05) is 0 Å². The van der Waals surface area contributed by atoms with Crippen LogP contribution in [0.4, 0.5) is 0 Å². The van der Waals surface area contributed by atoms with Gasteiger partial charge < -0.3 is 5.11 Å². The van der Waals surface area contributed by atoms with Crippen LogP contribution in [0.15, 0.2) is 0 Å². The van der Waals surface area contributed by atoms with Gasteiger partial charge >= 0.3 is 5.97 Å². The summed E-state index contributed by atoms with van der Waals surface area (Å²) in [6, 6.07) is 0. The average Bonchev–Trinajstić information content (AvgIpc) is 2.02. The van der Waals surface area contributed by atoms with Gasteiger partial charge in [-0.25, -0.2) is 8.42 Å². The van der Waals surface area contributed by atoms with Crippen molar-refractivity contribution in [1.29, 1.82) is 0 Å². The van der Waals surface area contributed by atoms with E-state index in [9.17, 15) is 13.2 Å².